The molecule has 2 N–H and O–H groups in total. The highest BCUT2D eigenvalue weighted by molar-refractivity contribution is 5.63. The largest absolute Gasteiger partial charge is 0.388 e. The lowest BCUT2D eigenvalue weighted by Crippen LogP contribution is -2.33. The van der Waals surface area contributed by atoms with Crippen LogP contribution in [-0.2, 0) is 0 Å². The molecule has 1 fully saturated rings. The van der Waals surface area contributed by atoms with E-state index in [0.717, 1.165) is 30.1 Å². The maximum absolute atomic E-state index is 10.8. The van der Waals surface area contributed by atoms with E-state index in [2.05, 4.69) is 17.6 Å². The third kappa shape index (κ3) is 2.67. The van der Waals surface area contributed by atoms with Crippen molar-refractivity contribution in [2.24, 2.45) is 5.92 Å². The van der Waals surface area contributed by atoms with Crippen molar-refractivity contribution in [1.82, 2.24) is 0 Å². The predicted octanol–water partition coefficient (Wildman–Crippen LogP) is 2.85. The normalized spacial score (nSPS) is 22.7. The van der Waals surface area contributed by atoms with Gasteiger partial charge in [0.15, 0.2) is 0 Å². The molecule has 5 heteroatoms. The summed E-state index contributed by atoms with van der Waals surface area (Å²) >= 11 is 0. The summed E-state index contributed by atoms with van der Waals surface area (Å²) in [7, 11) is 1.76. The highest BCUT2D eigenvalue weighted by Crippen LogP contribution is 2.31. The number of non-ortho nitro benzene ring substituents is 1. The lowest BCUT2D eigenvalue weighted by Gasteiger charge is -2.34. The van der Waals surface area contributed by atoms with Crippen LogP contribution in [0.2, 0.25) is 0 Å². The van der Waals surface area contributed by atoms with Crippen LogP contribution in [0.4, 0.5) is 17.1 Å². The first-order valence-electron chi connectivity index (χ1n) is 5.82. The molecule has 1 aliphatic carbocycles. The van der Waals surface area contributed by atoms with Crippen molar-refractivity contribution in [3.8, 4) is 0 Å². The van der Waals surface area contributed by atoms with Crippen LogP contribution in [0.1, 0.15) is 19.8 Å². The lowest BCUT2D eigenvalue weighted by atomic mass is 9.82. The number of hydrogen-bond donors (Lipinski definition) is 2. The minimum Gasteiger partial charge on any atom is -0.388 e. The third-order valence-corrected chi connectivity index (χ3v) is 3.16. The third-order valence-electron chi connectivity index (χ3n) is 3.16. The van der Waals surface area contributed by atoms with Crippen LogP contribution in [0.15, 0.2) is 18.2 Å². The van der Waals surface area contributed by atoms with Crippen LogP contribution in [0.5, 0.6) is 0 Å². The van der Waals surface area contributed by atoms with Gasteiger partial charge in [0.05, 0.1) is 4.92 Å². The van der Waals surface area contributed by atoms with Gasteiger partial charge in [-0.3, -0.25) is 10.1 Å². The van der Waals surface area contributed by atoms with E-state index < -0.39 is 0 Å². The van der Waals surface area contributed by atoms with Crippen LogP contribution < -0.4 is 10.6 Å². The van der Waals surface area contributed by atoms with E-state index in [1.54, 1.807) is 13.1 Å². The monoisotopic (exact) mass is 235 g/mol. The van der Waals surface area contributed by atoms with Gasteiger partial charge in [0.1, 0.15) is 0 Å². The van der Waals surface area contributed by atoms with Gasteiger partial charge in [-0.05, 0) is 24.8 Å². The van der Waals surface area contributed by atoms with E-state index in [1.807, 2.05) is 6.07 Å². The Bertz CT molecular complexity index is 428. The quantitative estimate of drug-likeness (QED) is 0.622. The molecule has 2 rings (SSSR count). The van der Waals surface area contributed by atoms with Crippen LogP contribution in [0, 0.1) is 16.0 Å². The van der Waals surface area contributed by atoms with Gasteiger partial charge >= 0.3 is 0 Å². The van der Waals surface area contributed by atoms with Crippen molar-refractivity contribution in [3.63, 3.8) is 0 Å². The summed E-state index contributed by atoms with van der Waals surface area (Å²) in [4.78, 5) is 10.4. The van der Waals surface area contributed by atoms with Crippen molar-refractivity contribution in [2.75, 3.05) is 17.7 Å². The topological polar surface area (TPSA) is 67.2 Å². The van der Waals surface area contributed by atoms with E-state index in [0.29, 0.717) is 6.04 Å². The standard InChI is InChI=1S/C12H17N3O2/c1-8-3-10(4-8)14-11-5-9(13-2)6-12(7-11)15(16)17/h5-8,10,13-14H,3-4H2,1-2H3. The van der Waals surface area contributed by atoms with Gasteiger partial charge in [0, 0.05) is 36.6 Å². The summed E-state index contributed by atoms with van der Waals surface area (Å²) in [5.74, 6) is 0.759. The first-order valence-corrected chi connectivity index (χ1v) is 5.82. The van der Waals surface area contributed by atoms with E-state index in [1.165, 1.54) is 6.07 Å². The Morgan fingerprint density at radius 1 is 1.29 bits per heavy atom. The summed E-state index contributed by atoms with van der Waals surface area (Å²) in [6.07, 6.45) is 2.27. The zero-order chi connectivity index (χ0) is 12.4. The molecule has 5 nitrogen and oxygen atoms in total. The minimum absolute atomic E-state index is 0.117. The Balaban J connectivity index is 2.15. The molecule has 92 valence electrons. The fraction of sp³-hybridized carbons (Fsp3) is 0.500. The average molecular weight is 235 g/mol. The highest BCUT2D eigenvalue weighted by atomic mass is 16.6. The Morgan fingerprint density at radius 3 is 2.47 bits per heavy atom. The maximum Gasteiger partial charge on any atom is 0.273 e. The molecule has 0 spiro atoms. The fourth-order valence-electron chi connectivity index (χ4n) is 2.20. The number of anilines is 2. The molecule has 17 heavy (non-hydrogen) atoms. The smallest absolute Gasteiger partial charge is 0.273 e. The fourth-order valence-corrected chi connectivity index (χ4v) is 2.20. The van der Waals surface area contributed by atoms with Crippen LogP contribution in [0.3, 0.4) is 0 Å². The van der Waals surface area contributed by atoms with Crippen molar-refractivity contribution in [3.05, 3.63) is 28.3 Å². The second-order valence-electron chi connectivity index (χ2n) is 4.69. The van der Waals surface area contributed by atoms with Crippen molar-refractivity contribution in [1.29, 1.82) is 0 Å². The van der Waals surface area contributed by atoms with Gasteiger partial charge in [0.2, 0.25) is 0 Å². The summed E-state index contributed by atoms with van der Waals surface area (Å²) in [5.41, 5.74) is 1.70. The van der Waals surface area contributed by atoms with E-state index >= 15 is 0 Å². The molecule has 0 aromatic heterocycles. The Morgan fingerprint density at radius 2 is 1.94 bits per heavy atom. The summed E-state index contributed by atoms with van der Waals surface area (Å²) < 4.78 is 0. The molecule has 0 atom stereocenters. The molecule has 1 aliphatic rings. The van der Waals surface area contributed by atoms with Crippen molar-refractivity contribution < 1.29 is 4.92 Å². The minimum atomic E-state index is -0.366. The second-order valence-corrected chi connectivity index (χ2v) is 4.69. The molecule has 0 heterocycles. The molecule has 0 radical (unpaired) electrons. The number of nitro benzene ring substituents is 1. The van der Waals surface area contributed by atoms with Crippen molar-refractivity contribution >= 4 is 17.1 Å². The van der Waals surface area contributed by atoms with Crippen LogP contribution >= 0.6 is 0 Å². The first kappa shape index (κ1) is 11.7. The van der Waals surface area contributed by atoms with E-state index in [4.69, 9.17) is 0 Å². The maximum atomic E-state index is 10.8. The van der Waals surface area contributed by atoms with Gasteiger partial charge < -0.3 is 10.6 Å². The van der Waals surface area contributed by atoms with Crippen LogP contribution in [0.25, 0.3) is 0 Å². The number of nitro groups is 1. The number of hydrogen-bond acceptors (Lipinski definition) is 4. The first-order chi connectivity index (χ1) is 8.08. The molecule has 0 aliphatic heterocycles. The number of benzene rings is 1. The number of rotatable bonds is 4. The van der Waals surface area contributed by atoms with E-state index in [9.17, 15) is 10.1 Å². The molecule has 0 saturated heterocycles. The Kier molecular flexibility index (Phi) is 3.17. The molecule has 0 bridgehead atoms. The molecule has 1 aromatic carbocycles. The highest BCUT2D eigenvalue weighted by Gasteiger charge is 2.25. The van der Waals surface area contributed by atoms with Gasteiger partial charge in [0.25, 0.3) is 5.69 Å². The molecular formula is C12H17N3O2. The van der Waals surface area contributed by atoms with Crippen molar-refractivity contribution in [2.45, 2.75) is 25.8 Å². The SMILES string of the molecule is CNc1cc(NC2CC(C)C2)cc([N+](=O)[O-])c1. The summed E-state index contributed by atoms with van der Waals surface area (Å²) in [6.45, 7) is 2.21. The number of nitrogens with zero attached hydrogens (tertiary/aromatic N) is 1. The summed E-state index contributed by atoms with van der Waals surface area (Å²) in [6, 6.07) is 5.48. The number of nitrogens with one attached hydrogen (secondary N) is 2. The average Bonchev–Trinajstić information content (AvgIpc) is 2.26. The molecular weight excluding hydrogens is 218 g/mol. The molecule has 0 amide bonds. The van der Waals surface area contributed by atoms with Gasteiger partial charge in [-0.1, -0.05) is 6.92 Å². The Labute approximate surface area is 100 Å². The van der Waals surface area contributed by atoms with E-state index in [-0.39, 0.29) is 10.6 Å². The lowest BCUT2D eigenvalue weighted by molar-refractivity contribution is -0.384. The van der Waals surface area contributed by atoms with Gasteiger partial charge in [-0.25, -0.2) is 0 Å². The molecule has 1 aromatic rings. The molecule has 1 saturated carbocycles. The van der Waals surface area contributed by atoms with Crippen LogP contribution in [-0.4, -0.2) is 18.0 Å². The second kappa shape index (κ2) is 4.61. The van der Waals surface area contributed by atoms with Gasteiger partial charge in [-0.15, -0.1) is 0 Å². The van der Waals surface area contributed by atoms with Gasteiger partial charge in [-0.2, -0.15) is 0 Å². The summed E-state index contributed by atoms with van der Waals surface area (Å²) in [5, 5.41) is 17.1. The molecule has 0 unspecified atom stereocenters. The zero-order valence-corrected chi connectivity index (χ0v) is 10.1. The predicted molar refractivity (Wildman–Crippen MR) is 68.5 cm³/mol. The zero-order valence-electron chi connectivity index (χ0n) is 10.1. The Hall–Kier alpha value is -1.78.